The van der Waals surface area contributed by atoms with Crippen LogP contribution in [0.1, 0.15) is 39.2 Å². The van der Waals surface area contributed by atoms with Gasteiger partial charge >= 0.3 is 0 Å². The van der Waals surface area contributed by atoms with Crippen LogP contribution in [0, 0.1) is 12.8 Å². The second-order valence-electron chi connectivity index (χ2n) is 6.11. The average molecular weight is 288 g/mol. The molecule has 1 fully saturated rings. The Bertz CT molecular complexity index is 539. The molecule has 0 spiro atoms. The third-order valence-electron chi connectivity index (χ3n) is 3.94. The van der Waals surface area contributed by atoms with Crippen LogP contribution in [0.5, 0.6) is 0 Å². The van der Waals surface area contributed by atoms with Gasteiger partial charge in [-0.05, 0) is 37.3 Å². The van der Waals surface area contributed by atoms with Crippen molar-refractivity contribution in [2.75, 3.05) is 4.90 Å². The fraction of sp³-hybridized carbons (Fsp3) is 0.529. The highest BCUT2D eigenvalue weighted by Gasteiger charge is 2.40. The smallest absolute Gasteiger partial charge is 0.250 e. The number of rotatable bonds is 4. The molecule has 4 heteroatoms. The molecule has 1 aromatic carbocycles. The molecule has 0 aromatic heterocycles. The van der Waals surface area contributed by atoms with Gasteiger partial charge in [-0.15, -0.1) is 0 Å². The molecule has 0 aliphatic carbocycles. The topological polar surface area (TPSA) is 49.4 Å². The van der Waals surface area contributed by atoms with Gasteiger partial charge in [0.15, 0.2) is 0 Å². The zero-order valence-corrected chi connectivity index (χ0v) is 13.2. The van der Waals surface area contributed by atoms with Crippen molar-refractivity contribution in [3.05, 3.63) is 29.8 Å². The Morgan fingerprint density at radius 2 is 1.90 bits per heavy atom. The monoisotopic (exact) mass is 288 g/mol. The number of nitrogens with one attached hydrogen (secondary N) is 1. The molecule has 2 rings (SSSR count). The minimum atomic E-state index is -0.417. The van der Waals surface area contributed by atoms with Crippen LogP contribution < -0.4 is 10.2 Å². The molecule has 1 saturated heterocycles. The second kappa shape index (κ2) is 6.29. The number of nitrogens with zero attached hydrogens (tertiary/aromatic N) is 1. The lowest BCUT2D eigenvalue weighted by atomic mass is 9.96. The number of benzene rings is 1. The molecule has 1 aliphatic heterocycles. The molecule has 2 atom stereocenters. The van der Waals surface area contributed by atoms with Crippen molar-refractivity contribution in [3.63, 3.8) is 0 Å². The maximum Gasteiger partial charge on any atom is 0.250 e. The third kappa shape index (κ3) is 3.09. The van der Waals surface area contributed by atoms with Crippen LogP contribution in [0.2, 0.25) is 0 Å². The molecular formula is C17H24N2O2. The number of hydrogen-bond donors (Lipinski definition) is 1. The molecule has 1 N–H and O–H groups in total. The summed E-state index contributed by atoms with van der Waals surface area (Å²) in [6.45, 7) is 8.03. The van der Waals surface area contributed by atoms with Gasteiger partial charge in [-0.25, -0.2) is 0 Å². The predicted molar refractivity (Wildman–Crippen MR) is 84.1 cm³/mol. The van der Waals surface area contributed by atoms with Crippen molar-refractivity contribution >= 4 is 17.5 Å². The molecule has 1 aliphatic rings. The summed E-state index contributed by atoms with van der Waals surface area (Å²) >= 11 is 0. The Morgan fingerprint density at radius 1 is 1.24 bits per heavy atom. The lowest BCUT2D eigenvalue weighted by Crippen LogP contribution is -2.63. The Kier molecular flexibility index (Phi) is 4.66. The number of carbonyl (C=O) groups is 2. The zero-order chi connectivity index (χ0) is 15.6. The van der Waals surface area contributed by atoms with Gasteiger partial charge in [0.2, 0.25) is 11.8 Å². The summed E-state index contributed by atoms with van der Waals surface area (Å²) in [4.78, 5) is 26.9. The highest BCUT2D eigenvalue weighted by Crippen LogP contribution is 2.27. The predicted octanol–water partition coefficient (Wildman–Crippen LogP) is 2.65. The Labute approximate surface area is 126 Å². The first-order chi connectivity index (χ1) is 9.95. The average Bonchev–Trinajstić information content (AvgIpc) is 2.42. The molecule has 0 saturated carbocycles. The number of hydrogen-bond acceptors (Lipinski definition) is 2. The van der Waals surface area contributed by atoms with E-state index in [1.54, 1.807) is 4.90 Å². The van der Waals surface area contributed by atoms with Gasteiger partial charge < -0.3 is 5.32 Å². The maximum atomic E-state index is 12.8. The van der Waals surface area contributed by atoms with Gasteiger partial charge in [-0.1, -0.05) is 39.0 Å². The molecule has 1 aromatic rings. The molecule has 1 heterocycles. The molecule has 2 amide bonds. The minimum absolute atomic E-state index is 0.00412. The number of aryl methyl sites for hydroxylation is 1. The van der Waals surface area contributed by atoms with E-state index in [-0.39, 0.29) is 11.8 Å². The first-order valence-corrected chi connectivity index (χ1v) is 7.64. The number of piperazine rings is 1. The molecule has 4 nitrogen and oxygen atoms in total. The number of anilines is 1. The van der Waals surface area contributed by atoms with Gasteiger partial charge in [0.1, 0.15) is 12.1 Å². The SMILES string of the molecule is CCC1C(=O)NC(CC(C)C)C(=O)N1c1ccccc1C. The minimum Gasteiger partial charge on any atom is -0.342 e. The van der Waals surface area contributed by atoms with Crippen molar-refractivity contribution in [3.8, 4) is 0 Å². The van der Waals surface area contributed by atoms with Gasteiger partial charge in [0, 0.05) is 5.69 Å². The lowest BCUT2D eigenvalue weighted by Gasteiger charge is -2.39. The number of carbonyl (C=O) groups excluding carboxylic acids is 2. The van der Waals surface area contributed by atoms with Crippen LogP contribution in [0.25, 0.3) is 0 Å². The van der Waals surface area contributed by atoms with Gasteiger partial charge in [0.25, 0.3) is 0 Å². The highest BCUT2D eigenvalue weighted by molar-refractivity contribution is 6.08. The first-order valence-electron chi connectivity index (χ1n) is 7.64. The summed E-state index contributed by atoms with van der Waals surface area (Å²) in [6, 6.07) is 6.91. The summed E-state index contributed by atoms with van der Waals surface area (Å²) < 4.78 is 0. The van der Waals surface area contributed by atoms with Crippen LogP contribution in [0.15, 0.2) is 24.3 Å². The highest BCUT2D eigenvalue weighted by atomic mass is 16.2. The Hall–Kier alpha value is -1.84. The van der Waals surface area contributed by atoms with Gasteiger partial charge in [-0.3, -0.25) is 14.5 Å². The lowest BCUT2D eigenvalue weighted by molar-refractivity contribution is -0.134. The molecule has 114 valence electrons. The van der Waals surface area contributed by atoms with E-state index in [4.69, 9.17) is 0 Å². The van der Waals surface area contributed by atoms with E-state index in [0.29, 0.717) is 18.8 Å². The van der Waals surface area contributed by atoms with Crippen LogP contribution in [0.3, 0.4) is 0 Å². The zero-order valence-electron chi connectivity index (χ0n) is 13.2. The Balaban J connectivity index is 2.40. The largest absolute Gasteiger partial charge is 0.342 e. The van der Waals surface area contributed by atoms with E-state index in [1.807, 2.05) is 38.1 Å². The van der Waals surface area contributed by atoms with E-state index in [0.717, 1.165) is 11.3 Å². The number of amides is 2. The van der Waals surface area contributed by atoms with Crippen LogP contribution in [-0.4, -0.2) is 23.9 Å². The Morgan fingerprint density at radius 3 is 2.48 bits per heavy atom. The van der Waals surface area contributed by atoms with E-state index < -0.39 is 12.1 Å². The maximum absolute atomic E-state index is 12.8. The quantitative estimate of drug-likeness (QED) is 0.926. The molecular weight excluding hydrogens is 264 g/mol. The fourth-order valence-electron chi connectivity index (χ4n) is 2.89. The normalized spacial score (nSPS) is 22.6. The van der Waals surface area contributed by atoms with Crippen molar-refractivity contribution in [1.29, 1.82) is 0 Å². The summed E-state index contributed by atoms with van der Waals surface area (Å²) in [7, 11) is 0. The summed E-state index contributed by atoms with van der Waals surface area (Å²) in [5.74, 6) is 0.312. The van der Waals surface area contributed by atoms with E-state index in [1.165, 1.54) is 0 Å². The van der Waals surface area contributed by atoms with Gasteiger partial charge in [0.05, 0.1) is 0 Å². The van der Waals surface area contributed by atoms with E-state index in [9.17, 15) is 9.59 Å². The summed E-state index contributed by atoms with van der Waals surface area (Å²) in [5, 5.41) is 2.89. The van der Waals surface area contributed by atoms with Crippen molar-refractivity contribution in [2.24, 2.45) is 5.92 Å². The van der Waals surface area contributed by atoms with Crippen molar-refractivity contribution < 1.29 is 9.59 Å². The van der Waals surface area contributed by atoms with Crippen LogP contribution in [0.4, 0.5) is 5.69 Å². The number of para-hydroxylation sites is 1. The standard InChI is InChI=1S/C17H24N2O2/c1-5-14-16(20)18-13(10-11(2)3)17(21)19(14)15-9-7-6-8-12(15)4/h6-9,11,13-14H,5,10H2,1-4H3,(H,18,20). The van der Waals surface area contributed by atoms with Gasteiger partial charge in [-0.2, -0.15) is 0 Å². The molecule has 2 unspecified atom stereocenters. The first kappa shape index (κ1) is 15.5. The molecule has 0 radical (unpaired) electrons. The van der Waals surface area contributed by atoms with E-state index in [2.05, 4.69) is 19.2 Å². The third-order valence-corrected chi connectivity index (χ3v) is 3.94. The second-order valence-corrected chi connectivity index (χ2v) is 6.11. The summed E-state index contributed by atoms with van der Waals surface area (Å²) in [6.07, 6.45) is 1.28. The van der Waals surface area contributed by atoms with Crippen molar-refractivity contribution in [1.82, 2.24) is 5.32 Å². The molecule has 0 bridgehead atoms. The fourth-order valence-corrected chi connectivity index (χ4v) is 2.89. The van der Waals surface area contributed by atoms with E-state index >= 15 is 0 Å². The van der Waals surface area contributed by atoms with Crippen LogP contribution in [-0.2, 0) is 9.59 Å². The van der Waals surface area contributed by atoms with Crippen LogP contribution >= 0.6 is 0 Å². The van der Waals surface area contributed by atoms with Crippen molar-refractivity contribution in [2.45, 2.75) is 52.6 Å². The molecule has 21 heavy (non-hydrogen) atoms. The summed E-state index contributed by atoms with van der Waals surface area (Å²) in [5.41, 5.74) is 1.86.